The van der Waals surface area contributed by atoms with Crippen molar-refractivity contribution in [2.24, 2.45) is 4.99 Å². The summed E-state index contributed by atoms with van der Waals surface area (Å²) in [6.45, 7) is 5.55. The topological polar surface area (TPSA) is 55.8 Å². The summed E-state index contributed by atoms with van der Waals surface area (Å²) in [5.74, 6) is 1.58. The molecular weight excluding hydrogens is 482 g/mol. The second-order valence-corrected chi connectivity index (χ2v) is 7.04. The number of aliphatic imine (C=N–C) groups is 1. The fourth-order valence-corrected chi connectivity index (χ4v) is 3.16. The summed E-state index contributed by atoms with van der Waals surface area (Å²) < 4.78 is 13.0. The van der Waals surface area contributed by atoms with Gasteiger partial charge in [0.05, 0.1) is 0 Å². The maximum atomic E-state index is 13.0. The fraction of sp³-hybridized carbons (Fsp3) is 0.429. The number of aromatic nitrogens is 1. The Hall–Kier alpha value is -1.94. The second kappa shape index (κ2) is 11.9. The van der Waals surface area contributed by atoms with E-state index < -0.39 is 0 Å². The smallest absolute Gasteiger partial charge is 0.191 e. The lowest BCUT2D eigenvalue weighted by Crippen LogP contribution is -2.44. The minimum atomic E-state index is -0.206. The lowest BCUT2D eigenvalue weighted by molar-refractivity contribution is 0.312. The van der Waals surface area contributed by atoms with Crippen LogP contribution in [-0.2, 0) is 13.0 Å². The Bertz CT molecular complexity index is 775. The molecule has 2 heterocycles. The van der Waals surface area contributed by atoms with Gasteiger partial charge in [0.2, 0.25) is 0 Å². The molecule has 29 heavy (non-hydrogen) atoms. The Morgan fingerprint density at radius 3 is 2.48 bits per heavy atom. The molecule has 1 aliphatic heterocycles. The molecule has 1 aromatic heterocycles. The molecule has 0 spiro atoms. The Kier molecular flexibility index (Phi) is 9.59. The number of nitrogens with one attached hydrogen (secondary N) is 2. The van der Waals surface area contributed by atoms with Crippen molar-refractivity contribution < 1.29 is 4.39 Å². The molecule has 0 amide bonds. The number of likely N-dealkylation sites (N-methyl/N-ethyl adjacent to an activating group) is 1. The summed E-state index contributed by atoms with van der Waals surface area (Å²) in [5, 5.41) is 6.64. The number of nitrogens with zero attached hydrogens (tertiary/aromatic N) is 4. The van der Waals surface area contributed by atoms with Gasteiger partial charge in [0.25, 0.3) is 0 Å². The normalized spacial score (nSPS) is 15.0. The van der Waals surface area contributed by atoms with Crippen molar-refractivity contribution >= 4 is 35.8 Å². The zero-order valence-electron chi connectivity index (χ0n) is 17.1. The highest BCUT2D eigenvalue weighted by molar-refractivity contribution is 14.0. The Morgan fingerprint density at radius 2 is 1.79 bits per heavy atom. The van der Waals surface area contributed by atoms with E-state index in [4.69, 9.17) is 0 Å². The van der Waals surface area contributed by atoms with E-state index in [1.165, 1.54) is 17.7 Å². The van der Waals surface area contributed by atoms with E-state index in [2.05, 4.69) is 43.5 Å². The molecular formula is C21H30FIN6. The first-order valence-corrected chi connectivity index (χ1v) is 9.71. The first-order valence-electron chi connectivity index (χ1n) is 9.71. The monoisotopic (exact) mass is 512 g/mol. The standard InChI is InChI=1S/C21H29FN6.HI/c1-23-21(25-10-7-17-3-5-19(22)6-4-17)26-16-18-8-9-24-20(15-18)28-13-11-27(2)12-14-28;/h3-6,8-9,15H,7,10-14,16H2,1-2H3,(H2,23,25,26);1H. The number of hydrogen-bond donors (Lipinski definition) is 2. The molecule has 1 aromatic carbocycles. The summed E-state index contributed by atoms with van der Waals surface area (Å²) in [5.41, 5.74) is 2.26. The van der Waals surface area contributed by atoms with Crippen molar-refractivity contribution in [1.29, 1.82) is 0 Å². The maximum absolute atomic E-state index is 13.0. The Balaban J connectivity index is 0.00000300. The van der Waals surface area contributed by atoms with Crippen LogP contribution in [0.2, 0.25) is 0 Å². The van der Waals surface area contributed by atoms with Crippen LogP contribution in [0.1, 0.15) is 11.1 Å². The van der Waals surface area contributed by atoms with Gasteiger partial charge in [0.15, 0.2) is 5.96 Å². The number of guanidine groups is 1. The lowest BCUT2D eigenvalue weighted by Gasteiger charge is -2.33. The SMILES string of the molecule is CN=C(NCCc1ccc(F)cc1)NCc1ccnc(N2CCN(C)CC2)c1.I. The number of halogens is 2. The number of hydrogen-bond acceptors (Lipinski definition) is 4. The van der Waals surface area contributed by atoms with Crippen molar-refractivity contribution in [3.05, 3.63) is 59.5 Å². The molecule has 3 rings (SSSR count). The van der Waals surface area contributed by atoms with Gasteiger partial charge in [-0.2, -0.15) is 0 Å². The highest BCUT2D eigenvalue weighted by Gasteiger charge is 2.15. The third-order valence-electron chi connectivity index (χ3n) is 4.94. The third-order valence-corrected chi connectivity index (χ3v) is 4.94. The van der Waals surface area contributed by atoms with Crippen LogP contribution in [0.15, 0.2) is 47.6 Å². The molecule has 0 bridgehead atoms. The number of piperazine rings is 1. The average molecular weight is 512 g/mol. The summed E-state index contributed by atoms with van der Waals surface area (Å²) >= 11 is 0. The van der Waals surface area contributed by atoms with Crippen LogP contribution in [0, 0.1) is 5.82 Å². The molecule has 158 valence electrons. The zero-order valence-corrected chi connectivity index (χ0v) is 19.4. The molecule has 8 heteroatoms. The largest absolute Gasteiger partial charge is 0.356 e. The van der Waals surface area contributed by atoms with Gasteiger partial charge < -0.3 is 20.4 Å². The van der Waals surface area contributed by atoms with Gasteiger partial charge in [-0.05, 0) is 48.9 Å². The molecule has 1 saturated heterocycles. The van der Waals surface area contributed by atoms with Crippen molar-refractivity contribution in [3.63, 3.8) is 0 Å². The van der Waals surface area contributed by atoms with Crippen LogP contribution in [0.5, 0.6) is 0 Å². The van der Waals surface area contributed by atoms with Gasteiger partial charge in [0, 0.05) is 52.5 Å². The van der Waals surface area contributed by atoms with Gasteiger partial charge in [-0.25, -0.2) is 9.37 Å². The van der Waals surface area contributed by atoms with Crippen LogP contribution in [0.4, 0.5) is 10.2 Å². The highest BCUT2D eigenvalue weighted by atomic mass is 127. The van der Waals surface area contributed by atoms with E-state index in [0.717, 1.165) is 56.5 Å². The fourth-order valence-electron chi connectivity index (χ4n) is 3.16. The second-order valence-electron chi connectivity index (χ2n) is 7.04. The number of anilines is 1. The minimum absolute atomic E-state index is 0. The van der Waals surface area contributed by atoms with Gasteiger partial charge in [-0.3, -0.25) is 4.99 Å². The summed E-state index contributed by atoms with van der Waals surface area (Å²) in [7, 11) is 3.91. The van der Waals surface area contributed by atoms with Gasteiger partial charge in [0.1, 0.15) is 11.6 Å². The van der Waals surface area contributed by atoms with Gasteiger partial charge in [-0.1, -0.05) is 12.1 Å². The molecule has 1 fully saturated rings. The minimum Gasteiger partial charge on any atom is -0.356 e. The molecule has 0 radical (unpaired) electrons. The van der Waals surface area contributed by atoms with E-state index in [9.17, 15) is 4.39 Å². The average Bonchev–Trinajstić information content (AvgIpc) is 2.72. The highest BCUT2D eigenvalue weighted by Crippen LogP contribution is 2.14. The van der Waals surface area contributed by atoms with Crippen molar-refractivity contribution in [2.75, 3.05) is 51.7 Å². The third kappa shape index (κ3) is 7.43. The van der Waals surface area contributed by atoms with E-state index in [1.54, 1.807) is 7.05 Å². The lowest BCUT2D eigenvalue weighted by atomic mass is 10.1. The molecule has 0 aliphatic carbocycles. The van der Waals surface area contributed by atoms with Crippen LogP contribution >= 0.6 is 24.0 Å². The molecule has 1 aliphatic rings. The van der Waals surface area contributed by atoms with E-state index >= 15 is 0 Å². The quantitative estimate of drug-likeness (QED) is 0.354. The molecule has 0 saturated carbocycles. The number of pyridine rings is 1. The molecule has 2 N–H and O–H groups in total. The van der Waals surface area contributed by atoms with Crippen molar-refractivity contribution in [2.45, 2.75) is 13.0 Å². The summed E-state index contributed by atoms with van der Waals surface area (Å²) in [6.07, 6.45) is 2.68. The van der Waals surface area contributed by atoms with E-state index in [-0.39, 0.29) is 29.8 Å². The van der Waals surface area contributed by atoms with Crippen molar-refractivity contribution in [3.8, 4) is 0 Å². The van der Waals surface area contributed by atoms with Crippen LogP contribution < -0.4 is 15.5 Å². The molecule has 2 aromatic rings. The predicted molar refractivity (Wildman–Crippen MR) is 128 cm³/mol. The van der Waals surface area contributed by atoms with Crippen molar-refractivity contribution in [1.82, 2.24) is 20.5 Å². The number of benzene rings is 1. The Labute approximate surface area is 189 Å². The summed E-state index contributed by atoms with van der Waals surface area (Å²) in [4.78, 5) is 13.5. The summed E-state index contributed by atoms with van der Waals surface area (Å²) in [6, 6.07) is 10.8. The Morgan fingerprint density at radius 1 is 1.07 bits per heavy atom. The first kappa shape index (κ1) is 23.3. The van der Waals surface area contributed by atoms with Crippen LogP contribution in [0.3, 0.4) is 0 Å². The predicted octanol–water partition coefficient (Wildman–Crippen LogP) is 2.50. The van der Waals surface area contributed by atoms with Crippen LogP contribution in [0.25, 0.3) is 0 Å². The van der Waals surface area contributed by atoms with E-state index in [1.807, 2.05) is 24.4 Å². The molecule has 0 unspecified atom stereocenters. The number of rotatable bonds is 6. The molecule has 6 nitrogen and oxygen atoms in total. The van der Waals surface area contributed by atoms with Crippen LogP contribution in [-0.4, -0.2) is 62.7 Å². The van der Waals surface area contributed by atoms with E-state index in [0.29, 0.717) is 6.54 Å². The van der Waals surface area contributed by atoms with Gasteiger partial charge in [-0.15, -0.1) is 24.0 Å². The first-order chi connectivity index (χ1) is 13.6. The maximum Gasteiger partial charge on any atom is 0.191 e. The molecule has 0 atom stereocenters. The van der Waals surface area contributed by atoms with Gasteiger partial charge >= 0.3 is 0 Å². The zero-order chi connectivity index (χ0) is 19.8.